The normalized spacial score (nSPS) is 14.0. The monoisotopic (exact) mass is 429 g/mol. The number of hydrogen-bond acceptors (Lipinski definition) is 7. The van der Waals surface area contributed by atoms with Crippen LogP contribution in [0.25, 0.3) is 17.1 Å². The summed E-state index contributed by atoms with van der Waals surface area (Å²) in [5.41, 5.74) is 5.79. The molecule has 1 aliphatic heterocycles. The molecule has 0 amide bonds. The van der Waals surface area contributed by atoms with Gasteiger partial charge in [0.05, 0.1) is 25.5 Å². The Morgan fingerprint density at radius 3 is 2.61 bits per heavy atom. The molecule has 3 aromatic rings. The minimum absolute atomic E-state index is 0.324. The molecule has 0 saturated carbocycles. The SMILES string of the molecule is NCC(Cn1ncn(-c2cccc(-c3ccc(N4CCOCC4)nc3)n2)c1=O)=C(F)F. The van der Waals surface area contributed by atoms with Crippen molar-refractivity contribution in [2.45, 2.75) is 6.54 Å². The van der Waals surface area contributed by atoms with E-state index in [1.54, 1.807) is 24.4 Å². The number of morpholine rings is 1. The van der Waals surface area contributed by atoms with Crippen LogP contribution in [0.3, 0.4) is 0 Å². The number of pyridine rings is 2. The minimum atomic E-state index is -1.91. The van der Waals surface area contributed by atoms with E-state index in [1.165, 1.54) is 10.9 Å². The molecule has 31 heavy (non-hydrogen) atoms. The molecule has 4 rings (SSSR count). The molecule has 2 N–H and O–H groups in total. The lowest BCUT2D eigenvalue weighted by molar-refractivity contribution is 0.122. The number of nitrogens with zero attached hydrogens (tertiary/aromatic N) is 6. The van der Waals surface area contributed by atoms with Crippen LogP contribution < -0.4 is 16.3 Å². The first-order valence-corrected chi connectivity index (χ1v) is 9.71. The maximum absolute atomic E-state index is 12.9. The summed E-state index contributed by atoms with van der Waals surface area (Å²) in [6.07, 6.45) is 1.07. The first-order chi connectivity index (χ1) is 15.1. The van der Waals surface area contributed by atoms with Crippen molar-refractivity contribution < 1.29 is 13.5 Å². The molecule has 0 aromatic carbocycles. The van der Waals surface area contributed by atoms with Crippen LogP contribution in [-0.4, -0.2) is 57.2 Å². The molecule has 4 heterocycles. The number of halogens is 2. The molecule has 1 fully saturated rings. The van der Waals surface area contributed by atoms with Gasteiger partial charge < -0.3 is 15.4 Å². The predicted molar refractivity (Wildman–Crippen MR) is 110 cm³/mol. The summed E-state index contributed by atoms with van der Waals surface area (Å²) in [7, 11) is 0. The molecular formula is C20H21F2N7O2. The highest BCUT2D eigenvalue weighted by atomic mass is 19.3. The molecule has 162 valence electrons. The van der Waals surface area contributed by atoms with Crippen LogP contribution in [-0.2, 0) is 11.3 Å². The fourth-order valence-electron chi connectivity index (χ4n) is 3.22. The van der Waals surface area contributed by atoms with Crippen LogP contribution >= 0.6 is 0 Å². The first kappa shape index (κ1) is 20.8. The van der Waals surface area contributed by atoms with E-state index in [9.17, 15) is 13.6 Å². The zero-order valence-electron chi connectivity index (χ0n) is 16.6. The Morgan fingerprint density at radius 1 is 1.13 bits per heavy atom. The van der Waals surface area contributed by atoms with Crippen LogP contribution in [0.4, 0.5) is 14.6 Å². The Balaban J connectivity index is 1.58. The van der Waals surface area contributed by atoms with E-state index in [2.05, 4.69) is 20.0 Å². The van der Waals surface area contributed by atoms with E-state index >= 15 is 0 Å². The Kier molecular flexibility index (Phi) is 6.14. The number of aromatic nitrogens is 5. The molecule has 11 heteroatoms. The lowest BCUT2D eigenvalue weighted by Crippen LogP contribution is -2.36. The largest absolute Gasteiger partial charge is 0.378 e. The molecule has 1 saturated heterocycles. The third-order valence-corrected chi connectivity index (χ3v) is 4.95. The Hall–Kier alpha value is -3.44. The summed E-state index contributed by atoms with van der Waals surface area (Å²) in [5.74, 6) is 1.19. The van der Waals surface area contributed by atoms with Gasteiger partial charge in [0.2, 0.25) is 0 Å². The van der Waals surface area contributed by atoms with Crippen molar-refractivity contribution in [3.63, 3.8) is 0 Å². The first-order valence-electron chi connectivity index (χ1n) is 9.71. The second-order valence-electron chi connectivity index (χ2n) is 6.89. The van der Waals surface area contributed by atoms with Gasteiger partial charge in [-0.1, -0.05) is 6.07 Å². The lowest BCUT2D eigenvalue weighted by Gasteiger charge is -2.27. The summed E-state index contributed by atoms with van der Waals surface area (Å²) < 4.78 is 33.2. The van der Waals surface area contributed by atoms with Crippen molar-refractivity contribution in [2.24, 2.45) is 5.73 Å². The molecule has 0 radical (unpaired) electrons. The second-order valence-corrected chi connectivity index (χ2v) is 6.89. The summed E-state index contributed by atoms with van der Waals surface area (Å²) >= 11 is 0. The molecule has 0 spiro atoms. The summed E-state index contributed by atoms with van der Waals surface area (Å²) in [4.78, 5) is 23.8. The maximum atomic E-state index is 12.9. The average Bonchev–Trinajstić information content (AvgIpc) is 3.18. The average molecular weight is 429 g/mol. The smallest absolute Gasteiger partial charge is 0.351 e. The highest BCUT2D eigenvalue weighted by Gasteiger charge is 2.14. The zero-order valence-corrected chi connectivity index (χ0v) is 16.6. The summed E-state index contributed by atoms with van der Waals surface area (Å²) in [6, 6.07) is 9.04. The van der Waals surface area contributed by atoms with Gasteiger partial charge in [0.15, 0.2) is 0 Å². The van der Waals surface area contributed by atoms with Gasteiger partial charge >= 0.3 is 5.69 Å². The van der Waals surface area contributed by atoms with Gasteiger partial charge in [0, 0.05) is 37.0 Å². The molecular weight excluding hydrogens is 408 g/mol. The number of anilines is 1. The summed E-state index contributed by atoms with van der Waals surface area (Å²) in [5, 5.41) is 3.90. The topological polar surface area (TPSA) is 104 Å². The third-order valence-electron chi connectivity index (χ3n) is 4.95. The number of hydrogen-bond donors (Lipinski definition) is 1. The Labute approximate surface area is 176 Å². The van der Waals surface area contributed by atoms with Crippen molar-refractivity contribution in [1.82, 2.24) is 24.3 Å². The van der Waals surface area contributed by atoms with Crippen molar-refractivity contribution in [3.05, 3.63) is 65.0 Å². The van der Waals surface area contributed by atoms with Crippen molar-refractivity contribution in [1.29, 1.82) is 0 Å². The van der Waals surface area contributed by atoms with Gasteiger partial charge in [0.1, 0.15) is 18.0 Å². The van der Waals surface area contributed by atoms with E-state index < -0.39 is 11.8 Å². The number of nitrogens with two attached hydrogens (primary N) is 1. The van der Waals surface area contributed by atoms with E-state index in [4.69, 9.17) is 10.5 Å². The Morgan fingerprint density at radius 2 is 1.94 bits per heavy atom. The predicted octanol–water partition coefficient (Wildman–Crippen LogP) is 1.44. The van der Waals surface area contributed by atoms with Crippen LogP contribution in [0.15, 0.2) is 59.3 Å². The van der Waals surface area contributed by atoms with Gasteiger partial charge in [-0.3, -0.25) is 0 Å². The van der Waals surface area contributed by atoms with E-state index in [1.807, 2.05) is 12.1 Å². The van der Waals surface area contributed by atoms with Gasteiger partial charge in [-0.25, -0.2) is 24.0 Å². The molecule has 0 bridgehead atoms. The summed E-state index contributed by atoms with van der Waals surface area (Å²) in [6.45, 7) is 2.20. The molecule has 0 unspecified atom stereocenters. The fraction of sp³-hybridized carbons (Fsp3) is 0.300. The molecule has 0 atom stereocenters. The van der Waals surface area contributed by atoms with E-state index in [0.29, 0.717) is 24.7 Å². The number of rotatable bonds is 6. The highest BCUT2D eigenvalue weighted by molar-refractivity contribution is 5.61. The van der Waals surface area contributed by atoms with Gasteiger partial charge in [0.25, 0.3) is 6.08 Å². The van der Waals surface area contributed by atoms with Crippen LogP contribution in [0, 0.1) is 0 Å². The zero-order chi connectivity index (χ0) is 21.8. The molecule has 3 aromatic heterocycles. The van der Waals surface area contributed by atoms with Crippen LogP contribution in [0.2, 0.25) is 0 Å². The molecule has 1 aliphatic rings. The minimum Gasteiger partial charge on any atom is -0.378 e. The van der Waals surface area contributed by atoms with E-state index in [-0.39, 0.29) is 18.7 Å². The lowest BCUT2D eigenvalue weighted by atomic mass is 10.2. The van der Waals surface area contributed by atoms with Crippen molar-refractivity contribution in [2.75, 3.05) is 37.7 Å². The molecule has 0 aliphatic carbocycles. The molecule has 9 nitrogen and oxygen atoms in total. The van der Waals surface area contributed by atoms with Gasteiger partial charge in [-0.05, 0) is 24.3 Å². The highest BCUT2D eigenvalue weighted by Crippen LogP contribution is 2.21. The number of ether oxygens (including phenoxy) is 1. The van der Waals surface area contributed by atoms with Crippen LogP contribution in [0.5, 0.6) is 0 Å². The van der Waals surface area contributed by atoms with Crippen molar-refractivity contribution in [3.8, 4) is 17.1 Å². The van der Waals surface area contributed by atoms with E-state index in [0.717, 1.165) is 29.2 Å². The Bertz CT molecular complexity index is 1130. The fourth-order valence-corrected chi connectivity index (χ4v) is 3.22. The standard InChI is InChI=1S/C20H21F2N7O2/c21-19(22)15(10-23)12-29-20(30)28(13-25-29)18-3-1-2-16(26-18)14-4-5-17(24-11-14)27-6-8-31-9-7-27/h1-5,11,13H,6-10,12,23H2. The van der Waals surface area contributed by atoms with Gasteiger partial charge in [-0.2, -0.15) is 13.9 Å². The quantitative estimate of drug-likeness (QED) is 0.632. The second kappa shape index (κ2) is 9.14. The van der Waals surface area contributed by atoms with Crippen molar-refractivity contribution >= 4 is 5.82 Å². The van der Waals surface area contributed by atoms with Crippen LogP contribution in [0.1, 0.15) is 0 Å². The maximum Gasteiger partial charge on any atom is 0.351 e. The van der Waals surface area contributed by atoms with Gasteiger partial charge in [-0.15, -0.1) is 0 Å². The third kappa shape index (κ3) is 4.52.